The minimum atomic E-state index is 0.193. The van der Waals surface area contributed by atoms with E-state index in [1.165, 1.54) is 42.6 Å². The summed E-state index contributed by atoms with van der Waals surface area (Å²) in [5, 5.41) is 4.72. The number of amidine groups is 1. The Morgan fingerprint density at radius 3 is 3.00 bits per heavy atom. The first-order valence-electron chi connectivity index (χ1n) is 7.21. The molecule has 2 aliphatic rings. The Kier molecular flexibility index (Phi) is 3.57. The fraction of sp³-hybridized carbons (Fsp3) is 0.562. The van der Waals surface area contributed by atoms with Gasteiger partial charge in [-0.15, -0.1) is 0 Å². The van der Waals surface area contributed by atoms with Crippen molar-refractivity contribution in [3.05, 3.63) is 35.4 Å². The van der Waals surface area contributed by atoms with Crippen molar-refractivity contribution >= 4 is 16.9 Å². The SMILES string of the molecule is CC1(C)CCSC(=NC2CCCc3ccccc32)N1. The van der Waals surface area contributed by atoms with E-state index in [1.54, 1.807) is 0 Å². The molecular weight excluding hydrogens is 252 g/mol. The van der Waals surface area contributed by atoms with Gasteiger partial charge in [0.1, 0.15) is 0 Å². The van der Waals surface area contributed by atoms with Crippen LogP contribution in [0.5, 0.6) is 0 Å². The molecule has 1 heterocycles. The van der Waals surface area contributed by atoms with Crippen molar-refractivity contribution in [2.45, 2.75) is 51.1 Å². The third-order valence-corrected chi connectivity index (χ3v) is 4.91. The predicted octanol–water partition coefficient (Wildman–Crippen LogP) is 3.93. The highest BCUT2D eigenvalue weighted by atomic mass is 32.2. The summed E-state index contributed by atoms with van der Waals surface area (Å²) in [6, 6.07) is 9.15. The zero-order chi connectivity index (χ0) is 13.3. The second-order valence-corrected chi connectivity index (χ2v) is 7.23. The number of hydrogen-bond donors (Lipinski definition) is 1. The molecule has 2 nitrogen and oxygen atoms in total. The van der Waals surface area contributed by atoms with E-state index < -0.39 is 0 Å². The van der Waals surface area contributed by atoms with Crippen LogP contribution in [0.25, 0.3) is 0 Å². The lowest BCUT2D eigenvalue weighted by Gasteiger charge is -2.33. The van der Waals surface area contributed by atoms with E-state index in [2.05, 4.69) is 43.4 Å². The van der Waals surface area contributed by atoms with Crippen molar-refractivity contribution in [1.29, 1.82) is 0 Å². The van der Waals surface area contributed by atoms with Crippen LogP contribution in [-0.2, 0) is 6.42 Å². The number of thioether (sulfide) groups is 1. The Bertz CT molecular complexity index is 493. The molecule has 1 aromatic carbocycles. The van der Waals surface area contributed by atoms with Gasteiger partial charge in [-0.3, -0.25) is 4.99 Å². The molecule has 0 amide bonds. The lowest BCUT2D eigenvalue weighted by atomic mass is 9.88. The van der Waals surface area contributed by atoms with Crippen LogP contribution in [0.4, 0.5) is 0 Å². The van der Waals surface area contributed by atoms with E-state index in [0.717, 1.165) is 5.17 Å². The maximum absolute atomic E-state index is 5.00. The van der Waals surface area contributed by atoms with E-state index in [9.17, 15) is 0 Å². The van der Waals surface area contributed by atoms with Gasteiger partial charge < -0.3 is 5.32 Å². The van der Waals surface area contributed by atoms with Crippen LogP contribution in [0, 0.1) is 0 Å². The molecule has 3 rings (SSSR count). The van der Waals surface area contributed by atoms with Gasteiger partial charge in [-0.1, -0.05) is 36.0 Å². The molecule has 1 aliphatic heterocycles. The number of nitrogens with zero attached hydrogens (tertiary/aromatic N) is 1. The quantitative estimate of drug-likeness (QED) is 0.839. The summed E-state index contributed by atoms with van der Waals surface area (Å²) < 4.78 is 0. The van der Waals surface area contributed by atoms with E-state index in [4.69, 9.17) is 4.99 Å². The minimum Gasteiger partial charge on any atom is -0.360 e. The number of fused-ring (bicyclic) bond motifs is 1. The van der Waals surface area contributed by atoms with E-state index >= 15 is 0 Å². The van der Waals surface area contributed by atoms with Crippen molar-refractivity contribution in [2.75, 3.05) is 5.75 Å². The highest BCUT2D eigenvalue weighted by molar-refractivity contribution is 8.13. The second-order valence-electron chi connectivity index (χ2n) is 6.15. The standard InChI is InChI=1S/C16H22N2S/c1-16(2)10-11-19-15(18-16)17-14-9-5-7-12-6-3-4-8-13(12)14/h3-4,6,8,14H,5,7,9-11H2,1-2H3,(H,17,18). The summed E-state index contributed by atoms with van der Waals surface area (Å²) in [7, 11) is 0. The molecule has 1 aromatic rings. The molecule has 0 bridgehead atoms. The van der Waals surface area contributed by atoms with E-state index in [-0.39, 0.29) is 5.54 Å². The zero-order valence-electron chi connectivity index (χ0n) is 11.8. The highest BCUT2D eigenvalue weighted by Gasteiger charge is 2.26. The molecule has 0 spiro atoms. The summed E-state index contributed by atoms with van der Waals surface area (Å²) in [4.78, 5) is 5.00. The largest absolute Gasteiger partial charge is 0.360 e. The summed E-state index contributed by atoms with van der Waals surface area (Å²) in [5.74, 6) is 1.17. The van der Waals surface area contributed by atoms with E-state index in [1.807, 2.05) is 11.8 Å². The van der Waals surface area contributed by atoms with Crippen molar-refractivity contribution in [3.63, 3.8) is 0 Å². The van der Waals surface area contributed by atoms with E-state index in [0.29, 0.717) is 6.04 Å². The Morgan fingerprint density at radius 1 is 1.32 bits per heavy atom. The molecule has 0 aromatic heterocycles. The smallest absolute Gasteiger partial charge is 0.157 e. The van der Waals surface area contributed by atoms with Crippen molar-refractivity contribution in [3.8, 4) is 0 Å². The van der Waals surface area contributed by atoms with Gasteiger partial charge in [-0.25, -0.2) is 0 Å². The Labute approximate surface area is 120 Å². The lowest BCUT2D eigenvalue weighted by molar-refractivity contribution is 0.444. The molecule has 102 valence electrons. The summed E-state index contributed by atoms with van der Waals surface area (Å²) >= 11 is 1.87. The molecule has 0 saturated carbocycles. The van der Waals surface area contributed by atoms with Crippen LogP contribution in [0.2, 0.25) is 0 Å². The molecule has 1 unspecified atom stereocenters. The predicted molar refractivity (Wildman–Crippen MR) is 83.8 cm³/mol. The molecule has 1 fully saturated rings. The first-order valence-corrected chi connectivity index (χ1v) is 8.19. The van der Waals surface area contributed by atoms with Gasteiger partial charge in [0.05, 0.1) is 6.04 Å². The van der Waals surface area contributed by atoms with Gasteiger partial charge in [0.15, 0.2) is 5.17 Å². The first kappa shape index (κ1) is 13.0. The lowest BCUT2D eigenvalue weighted by Crippen LogP contribution is -2.46. The van der Waals surface area contributed by atoms with Crippen molar-refractivity contribution in [1.82, 2.24) is 5.32 Å². The fourth-order valence-electron chi connectivity index (χ4n) is 2.86. The number of nitrogens with one attached hydrogen (secondary N) is 1. The Balaban J connectivity index is 1.84. The topological polar surface area (TPSA) is 24.4 Å². The number of hydrogen-bond acceptors (Lipinski definition) is 2. The van der Waals surface area contributed by atoms with Gasteiger partial charge >= 0.3 is 0 Å². The van der Waals surface area contributed by atoms with Crippen LogP contribution >= 0.6 is 11.8 Å². The summed E-state index contributed by atoms with van der Waals surface area (Å²) in [5.41, 5.74) is 3.12. The molecule has 3 heteroatoms. The second kappa shape index (κ2) is 5.20. The first-order chi connectivity index (χ1) is 9.14. The molecule has 1 saturated heterocycles. The minimum absolute atomic E-state index is 0.193. The van der Waals surface area contributed by atoms with Crippen LogP contribution < -0.4 is 5.32 Å². The molecule has 1 N–H and O–H groups in total. The number of aryl methyl sites for hydroxylation is 1. The summed E-state index contributed by atoms with van der Waals surface area (Å²) in [6.07, 6.45) is 4.86. The third kappa shape index (κ3) is 2.97. The van der Waals surface area contributed by atoms with Crippen LogP contribution in [0.1, 0.15) is 50.3 Å². The van der Waals surface area contributed by atoms with Gasteiger partial charge in [-0.2, -0.15) is 0 Å². The normalized spacial score (nSPS) is 27.7. The maximum atomic E-state index is 5.00. The average Bonchev–Trinajstić information content (AvgIpc) is 2.38. The van der Waals surface area contributed by atoms with Crippen LogP contribution in [0.3, 0.4) is 0 Å². The van der Waals surface area contributed by atoms with Gasteiger partial charge in [0.2, 0.25) is 0 Å². The third-order valence-electron chi connectivity index (χ3n) is 4.02. The molecule has 0 radical (unpaired) electrons. The Morgan fingerprint density at radius 2 is 2.16 bits per heavy atom. The highest BCUT2D eigenvalue weighted by Crippen LogP contribution is 2.34. The molecule has 19 heavy (non-hydrogen) atoms. The van der Waals surface area contributed by atoms with Gasteiger partial charge in [0, 0.05) is 11.3 Å². The van der Waals surface area contributed by atoms with Crippen LogP contribution in [-0.4, -0.2) is 16.5 Å². The number of aliphatic imine (C=N–C) groups is 1. The average molecular weight is 274 g/mol. The monoisotopic (exact) mass is 274 g/mol. The zero-order valence-corrected chi connectivity index (χ0v) is 12.6. The number of rotatable bonds is 1. The molecular formula is C16H22N2S. The summed E-state index contributed by atoms with van der Waals surface area (Å²) in [6.45, 7) is 4.52. The number of benzene rings is 1. The Hall–Kier alpha value is -0.960. The van der Waals surface area contributed by atoms with Gasteiger partial charge in [0.25, 0.3) is 0 Å². The fourth-order valence-corrected chi connectivity index (χ4v) is 4.22. The van der Waals surface area contributed by atoms with Crippen molar-refractivity contribution in [2.24, 2.45) is 4.99 Å². The molecule has 1 atom stereocenters. The van der Waals surface area contributed by atoms with Gasteiger partial charge in [-0.05, 0) is 50.7 Å². The van der Waals surface area contributed by atoms with Crippen molar-refractivity contribution < 1.29 is 0 Å². The molecule has 1 aliphatic carbocycles. The van der Waals surface area contributed by atoms with Crippen LogP contribution in [0.15, 0.2) is 29.3 Å². The maximum Gasteiger partial charge on any atom is 0.157 e.